The van der Waals surface area contributed by atoms with Gasteiger partial charge in [-0.15, -0.1) is 0 Å². The molecule has 3 aliphatic carbocycles. The Bertz CT molecular complexity index is 911. The first-order chi connectivity index (χ1) is 16.8. The summed E-state index contributed by atoms with van der Waals surface area (Å²) in [5.74, 6) is 1.33. The van der Waals surface area contributed by atoms with Crippen molar-refractivity contribution in [2.45, 2.75) is 103 Å². The molecular formula is C31H50O4Si. The van der Waals surface area contributed by atoms with Crippen LogP contribution in [0.1, 0.15) is 74.7 Å². The van der Waals surface area contributed by atoms with Crippen molar-refractivity contribution in [3.8, 4) is 0 Å². The lowest BCUT2D eigenvalue weighted by Crippen LogP contribution is -2.67. The highest BCUT2D eigenvalue weighted by Crippen LogP contribution is 2.64. The summed E-state index contributed by atoms with van der Waals surface area (Å²) in [5, 5.41) is 0. The molecule has 0 amide bonds. The molecule has 2 saturated carbocycles. The Morgan fingerprint density at radius 1 is 1.17 bits per heavy atom. The fourth-order valence-corrected chi connectivity index (χ4v) is 14.7. The molecule has 2 bridgehead atoms. The smallest absolute Gasteiger partial charge is 0.200 e. The van der Waals surface area contributed by atoms with E-state index in [-0.39, 0.29) is 41.7 Å². The molecule has 5 heteroatoms. The van der Waals surface area contributed by atoms with Crippen LogP contribution >= 0.6 is 0 Å². The molecule has 0 aromatic carbocycles. The zero-order chi connectivity index (χ0) is 26.7. The summed E-state index contributed by atoms with van der Waals surface area (Å²) in [6.45, 7) is 27.8. The summed E-state index contributed by atoms with van der Waals surface area (Å²) < 4.78 is 20.0. The number of rotatable bonds is 8. The maximum Gasteiger partial charge on any atom is 0.200 e. The van der Waals surface area contributed by atoms with Gasteiger partial charge in [0.05, 0.1) is 12.2 Å². The first kappa shape index (κ1) is 28.0. The van der Waals surface area contributed by atoms with Crippen molar-refractivity contribution >= 4 is 14.1 Å². The van der Waals surface area contributed by atoms with Crippen LogP contribution in [-0.2, 0) is 18.7 Å². The first-order valence-corrected chi connectivity index (χ1v) is 16.4. The SMILES string of the molecule is C=C1C[C@@H]2[C@@H](CC(CO[Si](C(C)C)(C(C)C)C(C)C)=C[C@H]3[C@H](C(=C)C)[C@H]4C[C@@H](C)[C@]23O[C@H]4OC)C1=O. The van der Waals surface area contributed by atoms with Gasteiger partial charge in [0, 0.05) is 30.8 Å². The number of allylic oxidation sites excluding steroid dienone is 2. The van der Waals surface area contributed by atoms with Gasteiger partial charge in [0.2, 0.25) is 8.32 Å². The Balaban J connectivity index is 1.81. The van der Waals surface area contributed by atoms with E-state index in [0.29, 0.717) is 29.1 Å². The Labute approximate surface area is 221 Å². The van der Waals surface area contributed by atoms with Crippen molar-refractivity contribution in [1.29, 1.82) is 0 Å². The van der Waals surface area contributed by atoms with Crippen molar-refractivity contribution in [2.24, 2.45) is 35.5 Å². The highest BCUT2D eigenvalue weighted by molar-refractivity contribution is 6.77. The highest BCUT2D eigenvalue weighted by atomic mass is 28.4. The van der Waals surface area contributed by atoms with Crippen LogP contribution in [0.5, 0.6) is 0 Å². The minimum atomic E-state index is -2.04. The zero-order valence-electron chi connectivity index (χ0n) is 24.2. The van der Waals surface area contributed by atoms with Crippen LogP contribution in [0.3, 0.4) is 0 Å². The molecule has 8 atom stereocenters. The molecule has 0 aromatic heterocycles. The van der Waals surface area contributed by atoms with E-state index < -0.39 is 13.9 Å². The van der Waals surface area contributed by atoms with Gasteiger partial charge in [0.1, 0.15) is 0 Å². The van der Waals surface area contributed by atoms with Crippen molar-refractivity contribution in [1.82, 2.24) is 0 Å². The third-order valence-corrected chi connectivity index (χ3v) is 16.6. The molecule has 4 nitrogen and oxygen atoms in total. The number of ketones is 1. The van der Waals surface area contributed by atoms with Gasteiger partial charge in [-0.05, 0) is 65.8 Å². The monoisotopic (exact) mass is 514 g/mol. The highest BCUT2D eigenvalue weighted by Gasteiger charge is 2.67. The van der Waals surface area contributed by atoms with E-state index in [1.54, 1.807) is 7.11 Å². The van der Waals surface area contributed by atoms with Crippen LogP contribution in [0, 0.1) is 35.5 Å². The van der Waals surface area contributed by atoms with E-state index in [1.165, 1.54) is 11.1 Å². The van der Waals surface area contributed by atoms with E-state index >= 15 is 0 Å². The summed E-state index contributed by atoms with van der Waals surface area (Å²) in [7, 11) is -0.278. The maximum atomic E-state index is 13.5. The van der Waals surface area contributed by atoms with Crippen LogP contribution in [0.4, 0.5) is 0 Å². The number of carbonyl (C=O) groups excluding carboxylic acids is 1. The average Bonchev–Trinajstić information content (AvgIpc) is 2.99. The molecular weight excluding hydrogens is 464 g/mol. The molecule has 2 saturated heterocycles. The predicted octanol–water partition coefficient (Wildman–Crippen LogP) is 7.48. The Morgan fingerprint density at radius 3 is 2.31 bits per heavy atom. The number of Topliss-reactive ketones (excluding diaryl/α,β-unsaturated/α-hetero) is 1. The van der Waals surface area contributed by atoms with Gasteiger partial charge in [-0.25, -0.2) is 0 Å². The van der Waals surface area contributed by atoms with Gasteiger partial charge >= 0.3 is 0 Å². The quantitative estimate of drug-likeness (QED) is 0.191. The first-order valence-electron chi connectivity index (χ1n) is 14.2. The zero-order valence-corrected chi connectivity index (χ0v) is 25.2. The predicted molar refractivity (Wildman–Crippen MR) is 149 cm³/mol. The fraction of sp³-hybridized carbons (Fsp3) is 0.774. The van der Waals surface area contributed by atoms with Crippen LogP contribution in [-0.4, -0.2) is 39.7 Å². The molecule has 2 heterocycles. The molecule has 0 aromatic rings. The topological polar surface area (TPSA) is 44.8 Å². The van der Waals surface area contributed by atoms with E-state index in [4.69, 9.17) is 13.9 Å². The van der Waals surface area contributed by atoms with Gasteiger partial charge in [0.25, 0.3) is 0 Å². The standard InChI is InChI=1S/C31H50O4Si/c1-17(2)28-25-13-22(10)31(35-30(25)33-11)26-12-21(9)29(32)24(26)14-23(15-27(28)31)16-34-36(18(3)4,19(5)6)20(7)8/h15,18-20,22,24-28,30H,1,9,12-14,16H2,2-8,10-11H3/t22-,24-,25-,26-,27+,28-,30-,31+/m1/s1. The summed E-state index contributed by atoms with van der Waals surface area (Å²) in [6.07, 6.45) is 4.74. The largest absolute Gasteiger partial charge is 0.412 e. The van der Waals surface area contributed by atoms with Crippen LogP contribution in [0.25, 0.3) is 0 Å². The van der Waals surface area contributed by atoms with Gasteiger partial charge in [0.15, 0.2) is 12.1 Å². The third-order valence-electron chi connectivity index (χ3n) is 10.6. The van der Waals surface area contributed by atoms with E-state index in [0.717, 1.165) is 24.8 Å². The minimum Gasteiger partial charge on any atom is -0.412 e. The summed E-state index contributed by atoms with van der Waals surface area (Å²) in [5.41, 5.74) is 4.36. The second kappa shape index (κ2) is 9.94. The lowest BCUT2D eigenvalue weighted by Gasteiger charge is -2.63. The molecule has 5 aliphatic rings. The molecule has 1 spiro atoms. The van der Waals surface area contributed by atoms with Gasteiger partial charge in [-0.1, -0.05) is 73.3 Å². The number of fused-ring (bicyclic) bond motifs is 3. The molecule has 4 fully saturated rings. The normalized spacial score (nSPS) is 38.4. The van der Waals surface area contributed by atoms with E-state index in [1.807, 2.05) is 0 Å². The number of carbonyl (C=O) groups is 1. The van der Waals surface area contributed by atoms with Crippen molar-refractivity contribution in [3.63, 3.8) is 0 Å². The maximum absolute atomic E-state index is 13.5. The molecule has 0 radical (unpaired) electrons. The summed E-state index contributed by atoms with van der Waals surface area (Å²) in [4.78, 5) is 13.5. The van der Waals surface area contributed by atoms with Gasteiger partial charge in [-0.3, -0.25) is 4.79 Å². The van der Waals surface area contributed by atoms with Crippen LogP contribution in [0.2, 0.25) is 16.6 Å². The number of ether oxygens (including phenoxy) is 2. The minimum absolute atomic E-state index is 0.0917. The second-order valence-electron chi connectivity index (χ2n) is 13.3. The van der Waals surface area contributed by atoms with Crippen LogP contribution in [0.15, 0.2) is 36.0 Å². The van der Waals surface area contributed by atoms with Crippen molar-refractivity contribution < 1.29 is 18.7 Å². The molecule has 202 valence electrons. The Kier molecular flexibility index (Phi) is 7.74. The molecule has 0 N–H and O–H groups in total. The summed E-state index contributed by atoms with van der Waals surface area (Å²) >= 11 is 0. The third kappa shape index (κ3) is 3.99. The number of methoxy groups -OCH3 is 1. The van der Waals surface area contributed by atoms with E-state index in [9.17, 15) is 4.79 Å². The number of hydrogen-bond donors (Lipinski definition) is 0. The van der Waals surface area contributed by atoms with E-state index in [2.05, 4.69) is 74.6 Å². The van der Waals surface area contributed by atoms with Gasteiger partial charge < -0.3 is 13.9 Å². The molecule has 5 rings (SSSR count). The Morgan fingerprint density at radius 2 is 1.78 bits per heavy atom. The second-order valence-corrected chi connectivity index (χ2v) is 18.8. The van der Waals surface area contributed by atoms with Crippen molar-refractivity contribution in [3.05, 3.63) is 36.0 Å². The number of hydrogen-bond acceptors (Lipinski definition) is 4. The molecule has 36 heavy (non-hydrogen) atoms. The lowest BCUT2D eigenvalue weighted by molar-refractivity contribution is -0.343. The fourth-order valence-electron chi connectivity index (χ4n) is 9.30. The van der Waals surface area contributed by atoms with Crippen LogP contribution < -0.4 is 0 Å². The summed E-state index contributed by atoms with van der Waals surface area (Å²) in [6, 6.07) is 0. The van der Waals surface area contributed by atoms with Crippen molar-refractivity contribution in [2.75, 3.05) is 13.7 Å². The molecule has 0 unspecified atom stereocenters. The average molecular weight is 515 g/mol. The molecule has 2 aliphatic heterocycles. The Hall–Kier alpha value is -1.01. The van der Waals surface area contributed by atoms with Gasteiger partial charge in [-0.2, -0.15) is 0 Å². The lowest BCUT2D eigenvalue weighted by atomic mass is 9.51.